The van der Waals surface area contributed by atoms with Crippen molar-refractivity contribution in [1.29, 1.82) is 0 Å². The zero-order valence-corrected chi connectivity index (χ0v) is 12.5. The molecule has 102 valence electrons. The van der Waals surface area contributed by atoms with Gasteiger partial charge in [-0.05, 0) is 17.4 Å². The molecule has 0 spiro atoms. The molecule has 0 bridgehead atoms. The van der Waals surface area contributed by atoms with Gasteiger partial charge in [0.2, 0.25) is 11.1 Å². The van der Waals surface area contributed by atoms with Crippen LogP contribution in [0.4, 0.5) is 0 Å². The van der Waals surface area contributed by atoms with E-state index in [9.17, 15) is 4.79 Å². The van der Waals surface area contributed by atoms with Crippen molar-refractivity contribution in [3.63, 3.8) is 0 Å². The first-order chi connectivity index (χ1) is 9.15. The van der Waals surface area contributed by atoms with Crippen molar-refractivity contribution >= 4 is 29.0 Å². The molecule has 2 rings (SSSR count). The standard InChI is InChI=1S/C12H16N4OS2/c1-8(2)6-13-10(17)7-19-12-14-11(15-16-12)9-4-3-5-18-9/h3-5,8H,6-7H2,1-2H3,(H,13,17)(H,14,15,16). The topological polar surface area (TPSA) is 70.7 Å². The van der Waals surface area contributed by atoms with Crippen LogP contribution in [0.15, 0.2) is 22.7 Å². The van der Waals surface area contributed by atoms with Gasteiger partial charge in [0.1, 0.15) is 0 Å². The van der Waals surface area contributed by atoms with Crippen LogP contribution in [0.25, 0.3) is 10.7 Å². The fourth-order valence-electron chi connectivity index (χ4n) is 1.33. The van der Waals surface area contributed by atoms with E-state index in [1.165, 1.54) is 11.8 Å². The van der Waals surface area contributed by atoms with E-state index in [2.05, 4.69) is 34.3 Å². The lowest BCUT2D eigenvalue weighted by molar-refractivity contribution is -0.118. The first-order valence-electron chi connectivity index (χ1n) is 6.01. The van der Waals surface area contributed by atoms with Crippen LogP contribution in [0.1, 0.15) is 13.8 Å². The van der Waals surface area contributed by atoms with E-state index in [-0.39, 0.29) is 5.91 Å². The van der Waals surface area contributed by atoms with E-state index in [1.54, 1.807) is 11.3 Å². The first kappa shape index (κ1) is 14.1. The second kappa shape index (κ2) is 6.72. The van der Waals surface area contributed by atoms with Gasteiger partial charge in [0.25, 0.3) is 0 Å². The Kier molecular flexibility index (Phi) is 4.98. The number of amides is 1. The maximum atomic E-state index is 11.6. The molecule has 0 fully saturated rings. The Bertz CT molecular complexity index is 522. The molecule has 0 saturated carbocycles. The van der Waals surface area contributed by atoms with Crippen LogP contribution < -0.4 is 5.32 Å². The summed E-state index contributed by atoms with van der Waals surface area (Å²) in [6.07, 6.45) is 0. The highest BCUT2D eigenvalue weighted by molar-refractivity contribution is 7.99. The van der Waals surface area contributed by atoms with Gasteiger partial charge in [0.15, 0.2) is 5.82 Å². The minimum atomic E-state index is 0.0150. The lowest BCUT2D eigenvalue weighted by atomic mass is 10.2. The van der Waals surface area contributed by atoms with Gasteiger partial charge in [0.05, 0.1) is 10.6 Å². The summed E-state index contributed by atoms with van der Waals surface area (Å²) in [6.45, 7) is 4.83. The molecule has 0 aliphatic carbocycles. The minimum absolute atomic E-state index is 0.0150. The van der Waals surface area contributed by atoms with Gasteiger partial charge >= 0.3 is 0 Å². The smallest absolute Gasteiger partial charge is 0.230 e. The minimum Gasteiger partial charge on any atom is -0.355 e. The molecule has 0 unspecified atom stereocenters. The lowest BCUT2D eigenvalue weighted by Gasteiger charge is -2.05. The number of carbonyl (C=O) groups excluding carboxylic acids is 1. The number of hydrogen-bond donors (Lipinski definition) is 2. The van der Waals surface area contributed by atoms with Gasteiger partial charge in [0, 0.05) is 6.54 Å². The lowest BCUT2D eigenvalue weighted by Crippen LogP contribution is -2.28. The van der Waals surface area contributed by atoms with Crippen LogP contribution in [-0.4, -0.2) is 33.4 Å². The summed E-state index contributed by atoms with van der Waals surface area (Å²) in [5.41, 5.74) is 0. The highest BCUT2D eigenvalue weighted by Crippen LogP contribution is 2.22. The molecule has 2 aromatic heterocycles. The molecule has 0 aliphatic heterocycles. The number of aromatic nitrogens is 3. The van der Waals surface area contributed by atoms with Crippen molar-refractivity contribution < 1.29 is 4.79 Å². The number of thioether (sulfide) groups is 1. The molecule has 0 aromatic carbocycles. The zero-order valence-electron chi connectivity index (χ0n) is 10.8. The Morgan fingerprint density at radius 1 is 1.58 bits per heavy atom. The highest BCUT2D eigenvalue weighted by Gasteiger charge is 2.09. The maximum Gasteiger partial charge on any atom is 0.230 e. The van der Waals surface area contributed by atoms with Crippen LogP contribution in [0.3, 0.4) is 0 Å². The second-order valence-electron chi connectivity index (χ2n) is 4.43. The SMILES string of the molecule is CC(C)CNC(=O)CSc1n[nH]c(-c2cccs2)n1. The van der Waals surface area contributed by atoms with E-state index in [0.29, 0.717) is 23.4 Å². The Labute approximate surface area is 120 Å². The monoisotopic (exact) mass is 296 g/mol. The predicted molar refractivity (Wildman–Crippen MR) is 78.3 cm³/mol. The summed E-state index contributed by atoms with van der Waals surface area (Å²) < 4.78 is 0. The third-order valence-corrected chi connectivity index (χ3v) is 3.98. The Hall–Kier alpha value is -1.34. The molecule has 0 aliphatic rings. The summed E-state index contributed by atoms with van der Waals surface area (Å²) >= 11 is 2.94. The molecule has 2 aromatic rings. The molecule has 2 N–H and O–H groups in total. The van der Waals surface area contributed by atoms with Crippen molar-refractivity contribution in [3.05, 3.63) is 17.5 Å². The van der Waals surface area contributed by atoms with E-state index in [4.69, 9.17) is 0 Å². The third kappa shape index (κ3) is 4.36. The Morgan fingerprint density at radius 2 is 2.42 bits per heavy atom. The number of H-pyrrole nitrogens is 1. The molecule has 0 saturated heterocycles. The van der Waals surface area contributed by atoms with Gasteiger partial charge in [-0.1, -0.05) is 31.7 Å². The van der Waals surface area contributed by atoms with Crippen LogP contribution in [0.2, 0.25) is 0 Å². The summed E-state index contributed by atoms with van der Waals surface area (Å²) in [5.74, 6) is 1.57. The van der Waals surface area contributed by atoms with Gasteiger partial charge < -0.3 is 5.32 Å². The largest absolute Gasteiger partial charge is 0.355 e. The van der Waals surface area contributed by atoms with Crippen LogP contribution in [-0.2, 0) is 4.79 Å². The Morgan fingerprint density at radius 3 is 3.11 bits per heavy atom. The molecule has 2 heterocycles. The number of carbonyl (C=O) groups is 1. The number of rotatable bonds is 6. The molecule has 7 heteroatoms. The second-order valence-corrected chi connectivity index (χ2v) is 6.32. The predicted octanol–water partition coefficient (Wildman–Crippen LogP) is 2.40. The van der Waals surface area contributed by atoms with Crippen molar-refractivity contribution in [3.8, 4) is 10.7 Å². The molecule has 1 amide bonds. The van der Waals surface area contributed by atoms with E-state index < -0.39 is 0 Å². The van der Waals surface area contributed by atoms with Crippen molar-refractivity contribution in [2.24, 2.45) is 5.92 Å². The van der Waals surface area contributed by atoms with Crippen molar-refractivity contribution in [2.75, 3.05) is 12.3 Å². The number of thiophene rings is 1. The zero-order chi connectivity index (χ0) is 13.7. The van der Waals surface area contributed by atoms with Crippen LogP contribution in [0, 0.1) is 5.92 Å². The summed E-state index contributed by atoms with van der Waals surface area (Å²) in [6, 6.07) is 3.95. The van der Waals surface area contributed by atoms with Gasteiger partial charge in [-0.15, -0.1) is 16.4 Å². The van der Waals surface area contributed by atoms with Gasteiger partial charge in [-0.25, -0.2) is 4.98 Å². The number of nitrogens with zero attached hydrogens (tertiary/aromatic N) is 2. The quantitative estimate of drug-likeness (QED) is 0.803. The summed E-state index contributed by atoms with van der Waals surface area (Å²) in [7, 11) is 0. The third-order valence-electron chi connectivity index (χ3n) is 2.26. The average Bonchev–Trinajstić information content (AvgIpc) is 3.03. The normalized spacial score (nSPS) is 10.9. The van der Waals surface area contributed by atoms with E-state index in [1.807, 2.05) is 17.5 Å². The first-order valence-corrected chi connectivity index (χ1v) is 7.87. The number of hydrogen-bond acceptors (Lipinski definition) is 5. The molecule has 0 atom stereocenters. The van der Waals surface area contributed by atoms with Gasteiger partial charge in [-0.3, -0.25) is 9.89 Å². The van der Waals surface area contributed by atoms with E-state index in [0.717, 1.165) is 10.7 Å². The molecule has 19 heavy (non-hydrogen) atoms. The van der Waals surface area contributed by atoms with E-state index >= 15 is 0 Å². The maximum absolute atomic E-state index is 11.6. The summed E-state index contributed by atoms with van der Waals surface area (Å²) in [4.78, 5) is 17.0. The molecular weight excluding hydrogens is 280 g/mol. The summed E-state index contributed by atoms with van der Waals surface area (Å²) in [5, 5.41) is 12.4. The molecular formula is C12H16N4OS2. The number of nitrogens with one attached hydrogen (secondary N) is 2. The fraction of sp³-hybridized carbons (Fsp3) is 0.417. The van der Waals surface area contributed by atoms with Crippen LogP contribution in [0.5, 0.6) is 0 Å². The molecule has 5 nitrogen and oxygen atoms in total. The average molecular weight is 296 g/mol. The molecule has 0 radical (unpaired) electrons. The van der Waals surface area contributed by atoms with Gasteiger partial charge in [-0.2, -0.15) is 0 Å². The fourth-order valence-corrected chi connectivity index (χ4v) is 2.63. The highest BCUT2D eigenvalue weighted by atomic mass is 32.2. The van der Waals surface area contributed by atoms with Crippen molar-refractivity contribution in [1.82, 2.24) is 20.5 Å². The van der Waals surface area contributed by atoms with Crippen LogP contribution >= 0.6 is 23.1 Å². The number of aromatic amines is 1. The Balaban J connectivity index is 1.82. The van der Waals surface area contributed by atoms with Crippen molar-refractivity contribution in [2.45, 2.75) is 19.0 Å².